The molecule has 5 heteroatoms. The maximum Gasteiger partial charge on any atom is 0.222 e. The highest BCUT2D eigenvalue weighted by atomic mass is 15.0. The molecule has 16 heavy (non-hydrogen) atoms. The summed E-state index contributed by atoms with van der Waals surface area (Å²) in [5, 5.41) is 0. The number of nitrogens with zero attached hydrogens (tertiary/aromatic N) is 3. The Morgan fingerprint density at radius 2 is 2.06 bits per heavy atom. The van der Waals surface area contributed by atoms with Crippen molar-refractivity contribution < 1.29 is 0 Å². The van der Waals surface area contributed by atoms with Crippen molar-refractivity contribution in [2.75, 3.05) is 11.5 Å². The molecule has 0 saturated carbocycles. The van der Waals surface area contributed by atoms with E-state index >= 15 is 0 Å². The average molecular weight is 215 g/mol. The van der Waals surface area contributed by atoms with E-state index in [1.165, 1.54) is 0 Å². The molecule has 2 heterocycles. The Morgan fingerprint density at radius 1 is 1.25 bits per heavy atom. The predicted octanol–water partition coefficient (Wildman–Crippen LogP) is 1.27. The van der Waals surface area contributed by atoms with E-state index in [-0.39, 0.29) is 5.95 Å². The summed E-state index contributed by atoms with van der Waals surface area (Å²) in [4.78, 5) is 12.2. The van der Waals surface area contributed by atoms with Crippen LogP contribution in [0.1, 0.15) is 12.6 Å². The molecule has 2 aromatic heterocycles. The summed E-state index contributed by atoms with van der Waals surface area (Å²) >= 11 is 0. The second-order valence-electron chi connectivity index (χ2n) is 3.38. The average Bonchev–Trinajstić information content (AvgIpc) is 2.29. The number of pyridine rings is 1. The largest absolute Gasteiger partial charge is 0.383 e. The highest BCUT2D eigenvalue weighted by Crippen LogP contribution is 2.27. The number of nitrogens with two attached hydrogens (primary N) is 2. The zero-order valence-electron chi connectivity index (χ0n) is 9.01. The highest BCUT2D eigenvalue weighted by molar-refractivity contribution is 5.76. The topological polar surface area (TPSA) is 90.7 Å². The Morgan fingerprint density at radius 3 is 2.69 bits per heavy atom. The van der Waals surface area contributed by atoms with Crippen molar-refractivity contribution in [3.8, 4) is 11.1 Å². The maximum atomic E-state index is 5.87. The summed E-state index contributed by atoms with van der Waals surface area (Å²) in [6.07, 6.45) is 4.20. The third-order valence-corrected chi connectivity index (χ3v) is 2.31. The first-order valence-electron chi connectivity index (χ1n) is 5.04. The summed E-state index contributed by atoms with van der Waals surface area (Å²) in [7, 11) is 0. The van der Waals surface area contributed by atoms with Crippen molar-refractivity contribution >= 4 is 11.8 Å². The molecule has 5 nitrogen and oxygen atoms in total. The maximum absolute atomic E-state index is 5.87. The predicted molar refractivity (Wildman–Crippen MR) is 63.5 cm³/mol. The zero-order chi connectivity index (χ0) is 11.5. The minimum Gasteiger partial charge on any atom is -0.383 e. The molecule has 0 amide bonds. The van der Waals surface area contributed by atoms with Gasteiger partial charge in [-0.1, -0.05) is 13.0 Å². The number of hydrogen-bond donors (Lipinski definition) is 2. The molecule has 2 aromatic rings. The van der Waals surface area contributed by atoms with Crippen LogP contribution in [0, 0.1) is 0 Å². The fourth-order valence-electron chi connectivity index (χ4n) is 1.63. The Kier molecular flexibility index (Phi) is 2.68. The van der Waals surface area contributed by atoms with Gasteiger partial charge in [-0.25, -0.2) is 4.98 Å². The molecule has 0 unspecified atom stereocenters. The molecule has 0 aliphatic rings. The molecular formula is C11H13N5. The summed E-state index contributed by atoms with van der Waals surface area (Å²) in [6, 6.07) is 3.78. The van der Waals surface area contributed by atoms with Crippen LogP contribution in [-0.2, 0) is 6.42 Å². The number of aromatic nitrogens is 3. The van der Waals surface area contributed by atoms with Crippen LogP contribution in [-0.4, -0.2) is 15.0 Å². The van der Waals surface area contributed by atoms with E-state index in [0.717, 1.165) is 23.2 Å². The molecule has 0 atom stereocenters. The lowest BCUT2D eigenvalue weighted by molar-refractivity contribution is 1.02. The summed E-state index contributed by atoms with van der Waals surface area (Å²) in [5.74, 6) is 0.611. The van der Waals surface area contributed by atoms with Gasteiger partial charge in [0.05, 0.1) is 5.69 Å². The Bertz CT molecular complexity index is 495. The van der Waals surface area contributed by atoms with Crippen LogP contribution in [0.4, 0.5) is 11.8 Å². The van der Waals surface area contributed by atoms with Gasteiger partial charge in [0.1, 0.15) is 5.82 Å². The second-order valence-corrected chi connectivity index (χ2v) is 3.38. The standard InChI is InChI=1S/C11H13N5/c1-2-8-9(7-4-3-5-14-6-7)10(12)16-11(13)15-8/h3-6H,2H2,1H3,(H4,12,13,15,16). The molecule has 2 rings (SSSR count). The molecule has 0 aliphatic carbocycles. The molecule has 0 spiro atoms. The van der Waals surface area contributed by atoms with Crippen LogP contribution in [0.25, 0.3) is 11.1 Å². The van der Waals surface area contributed by atoms with Gasteiger partial charge < -0.3 is 11.5 Å². The molecule has 0 bridgehead atoms. The number of rotatable bonds is 2. The van der Waals surface area contributed by atoms with Gasteiger partial charge in [0, 0.05) is 23.5 Å². The van der Waals surface area contributed by atoms with Crippen molar-refractivity contribution in [2.45, 2.75) is 13.3 Å². The van der Waals surface area contributed by atoms with Gasteiger partial charge in [-0.3, -0.25) is 4.98 Å². The summed E-state index contributed by atoms with van der Waals surface area (Å²) < 4.78 is 0. The van der Waals surface area contributed by atoms with Gasteiger partial charge >= 0.3 is 0 Å². The van der Waals surface area contributed by atoms with E-state index in [9.17, 15) is 0 Å². The highest BCUT2D eigenvalue weighted by Gasteiger charge is 2.11. The SMILES string of the molecule is CCc1nc(N)nc(N)c1-c1cccnc1. The van der Waals surface area contributed by atoms with Crippen LogP contribution >= 0.6 is 0 Å². The van der Waals surface area contributed by atoms with Gasteiger partial charge in [-0.05, 0) is 12.5 Å². The lowest BCUT2D eigenvalue weighted by Gasteiger charge is -2.09. The zero-order valence-corrected chi connectivity index (χ0v) is 9.01. The van der Waals surface area contributed by atoms with Crippen LogP contribution in [0.2, 0.25) is 0 Å². The van der Waals surface area contributed by atoms with Crippen LogP contribution < -0.4 is 11.5 Å². The fourth-order valence-corrected chi connectivity index (χ4v) is 1.63. The first-order chi connectivity index (χ1) is 7.72. The van der Waals surface area contributed by atoms with E-state index in [1.807, 2.05) is 19.1 Å². The minimum absolute atomic E-state index is 0.210. The molecule has 0 aliphatic heterocycles. The van der Waals surface area contributed by atoms with E-state index in [2.05, 4.69) is 15.0 Å². The van der Waals surface area contributed by atoms with Gasteiger partial charge in [0.2, 0.25) is 5.95 Å². The Labute approximate surface area is 93.6 Å². The first-order valence-corrected chi connectivity index (χ1v) is 5.04. The normalized spacial score (nSPS) is 10.3. The van der Waals surface area contributed by atoms with E-state index in [0.29, 0.717) is 5.82 Å². The van der Waals surface area contributed by atoms with Crippen LogP contribution in [0.3, 0.4) is 0 Å². The number of nitrogen functional groups attached to an aromatic ring is 2. The minimum atomic E-state index is 0.210. The molecule has 0 saturated heterocycles. The third-order valence-electron chi connectivity index (χ3n) is 2.31. The summed E-state index contributed by atoms with van der Waals surface area (Å²) in [6.45, 7) is 2.00. The number of hydrogen-bond acceptors (Lipinski definition) is 5. The molecule has 0 aromatic carbocycles. The monoisotopic (exact) mass is 215 g/mol. The van der Waals surface area contributed by atoms with Crippen molar-refractivity contribution in [3.05, 3.63) is 30.2 Å². The van der Waals surface area contributed by atoms with Crippen molar-refractivity contribution in [1.82, 2.24) is 15.0 Å². The van der Waals surface area contributed by atoms with E-state index < -0.39 is 0 Å². The lowest BCUT2D eigenvalue weighted by Crippen LogP contribution is -2.06. The van der Waals surface area contributed by atoms with Gasteiger partial charge in [-0.15, -0.1) is 0 Å². The second kappa shape index (κ2) is 4.14. The molecule has 82 valence electrons. The van der Waals surface area contributed by atoms with Crippen molar-refractivity contribution in [2.24, 2.45) is 0 Å². The van der Waals surface area contributed by atoms with Gasteiger partial charge in [0.25, 0.3) is 0 Å². The van der Waals surface area contributed by atoms with Gasteiger partial charge in [0.15, 0.2) is 0 Å². The Hall–Kier alpha value is -2.17. The number of anilines is 2. The number of aryl methyl sites for hydroxylation is 1. The first kappa shape index (κ1) is 10.4. The van der Waals surface area contributed by atoms with Crippen LogP contribution in [0.15, 0.2) is 24.5 Å². The van der Waals surface area contributed by atoms with E-state index in [4.69, 9.17) is 11.5 Å². The lowest BCUT2D eigenvalue weighted by atomic mass is 10.1. The smallest absolute Gasteiger partial charge is 0.222 e. The molecule has 4 N–H and O–H groups in total. The summed E-state index contributed by atoms with van der Waals surface area (Å²) in [5.41, 5.74) is 14.0. The van der Waals surface area contributed by atoms with Crippen molar-refractivity contribution in [3.63, 3.8) is 0 Å². The van der Waals surface area contributed by atoms with Gasteiger partial charge in [-0.2, -0.15) is 4.98 Å². The van der Waals surface area contributed by atoms with Crippen LogP contribution in [0.5, 0.6) is 0 Å². The Balaban J connectivity index is 2.64. The molecule has 0 radical (unpaired) electrons. The molecule has 0 fully saturated rings. The molecular weight excluding hydrogens is 202 g/mol. The third kappa shape index (κ3) is 1.79. The fraction of sp³-hybridized carbons (Fsp3) is 0.182. The van der Waals surface area contributed by atoms with E-state index in [1.54, 1.807) is 12.4 Å². The van der Waals surface area contributed by atoms with Crippen molar-refractivity contribution in [1.29, 1.82) is 0 Å². The quantitative estimate of drug-likeness (QED) is 0.787.